The summed E-state index contributed by atoms with van der Waals surface area (Å²) in [6, 6.07) is 25.4. The van der Waals surface area contributed by atoms with Crippen molar-refractivity contribution < 1.29 is 18.0 Å². The topological polar surface area (TPSA) is 87.1 Å². The van der Waals surface area contributed by atoms with E-state index in [0.717, 1.165) is 41.7 Å². The third-order valence-electron chi connectivity index (χ3n) is 7.23. The Bertz CT molecular complexity index is 1550. The first kappa shape index (κ1) is 23.4. The van der Waals surface area contributed by atoms with Crippen molar-refractivity contribution in [2.75, 3.05) is 6.54 Å². The van der Waals surface area contributed by atoms with Crippen LogP contribution >= 0.6 is 0 Å². The van der Waals surface area contributed by atoms with Crippen molar-refractivity contribution in [2.24, 2.45) is 11.0 Å². The van der Waals surface area contributed by atoms with Gasteiger partial charge in [0.15, 0.2) is 0 Å². The average molecular weight is 512 g/mol. The molecule has 2 aliphatic heterocycles. The van der Waals surface area contributed by atoms with E-state index in [2.05, 4.69) is 6.08 Å². The lowest BCUT2D eigenvalue weighted by Crippen LogP contribution is -2.41. The number of sulfonamides is 1. The highest BCUT2D eigenvalue weighted by Gasteiger charge is 2.47. The molecule has 0 N–H and O–H groups in total. The van der Waals surface area contributed by atoms with Crippen molar-refractivity contribution >= 4 is 33.6 Å². The van der Waals surface area contributed by atoms with E-state index >= 15 is 0 Å². The largest absolute Gasteiger partial charge is 0.271 e. The first-order valence-electron chi connectivity index (χ1n) is 12.3. The molecule has 3 aromatic rings. The second kappa shape index (κ2) is 9.12. The van der Waals surface area contributed by atoms with Crippen molar-refractivity contribution in [2.45, 2.75) is 30.2 Å². The van der Waals surface area contributed by atoms with Gasteiger partial charge in [0.25, 0.3) is 21.8 Å². The number of nitrogens with zero attached hydrogens (tertiary/aromatic N) is 3. The van der Waals surface area contributed by atoms with E-state index in [-0.39, 0.29) is 22.4 Å². The molecule has 8 heteroatoms. The smallest absolute Gasteiger partial charge is 0.269 e. The fourth-order valence-corrected chi connectivity index (χ4v) is 7.04. The molecule has 37 heavy (non-hydrogen) atoms. The molecular formula is C29H25N3O4S. The van der Waals surface area contributed by atoms with Gasteiger partial charge in [-0.15, -0.1) is 0 Å². The third kappa shape index (κ3) is 3.97. The number of carbonyl (C=O) groups excluding carboxylic acids is 2. The van der Waals surface area contributed by atoms with Crippen LogP contribution in [-0.4, -0.2) is 41.8 Å². The molecule has 0 spiro atoms. The quantitative estimate of drug-likeness (QED) is 0.510. The Hall–Kier alpha value is -4.04. The van der Waals surface area contributed by atoms with Crippen molar-refractivity contribution in [1.82, 2.24) is 9.31 Å². The monoisotopic (exact) mass is 511 g/mol. The van der Waals surface area contributed by atoms with Crippen molar-refractivity contribution in [3.05, 3.63) is 107 Å². The van der Waals surface area contributed by atoms with E-state index < -0.39 is 28.4 Å². The highest BCUT2D eigenvalue weighted by molar-refractivity contribution is 7.90. The van der Waals surface area contributed by atoms with Crippen LogP contribution in [0.15, 0.2) is 100 Å². The first-order chi connectivity index (χ1) is 17.9. The summed E-state index contributed by atoms with van der Waals surface area (Å²) in [6.07, 6.45) is 4.79. The number of carbonyl (C=O) groups is 2. The van der Waals surface area contributed by atoms with Crippen LogP contribution in [0.2, 0.25) is 0 Å². The zero-order valence-electron chi connectivity index (χ0n) is 20.0. The fourth-order valence-electron chi connectivity index (χ4n) is 5.52. The van der Waals surface area contributed by atoms with Crippen molar-refractivity contribution in [3.8, 4) is 0 Å². The lowest BCUT2D eigenvalue weighted by Gasteiger charge is -2.30. The van der Waals surface area contributed by atoms with Gasteiger partial charge in [-0.05, 0) is 54.2 Å². The molecule has 186 valence electrons. The van der Waals surface area contributed by atoms with Crippen LogP contribution in [0.5, 0.6) is 0 Å². The molecule has 0 radical (unpaired) electrons. The van der Waals surface area contributed by atoms with E-state index in [1.165, 1.54) is 17.1 Å². The third-order valence-corrected chi connectivity index (χ3v) is 9.02. The van der Waals surface area contributed by atoms with E-state index in [0.29, 0.717) is 4.31 Å². The standard InChI is InChI=1S/C29H25N3O4S/c33-26(19-31-29(34)23-15-7-8-17-25(23)37(31,35)36)32-28(21-12-5-2-6-13-21)24-16-9-14-22(27(24)30-32)18-20-10-3-1-4-11-20/h1-8,10-13,15,17-18,24,28H,9,14,16,19H2/b22-18+. The van der Waals surface area contributed by atoms with Crippen molar-refractivity contribution in [1.29, 1.82) is 0 Å². The number of benzene rings is 3. The van der Waals surface area contributed by atoms with Crippen LogP contribution in [0, 0.1) is 5.92 Å². The Morgan fingerprint density at radius 2 is 1.62 bits per heavy atom. The summed E-state index contributed by atoms with van der Waals surface area (Å²) in [6.45, 7) is -0.597. The van der Waals surface area contributed by atoms with Gasteiger partial charge < -0.3 is 0 Å². The van der Waals surface area contributed by atoms with Gasteiger partial charge in [-0.25, -0.2) is 17.7 Å². The van der Waals surface area contributed by atoms with E-state index in [1.807, 2.05) is 60.7 Å². The predicted molar refractivity (Wildman–Crippen MR) is 140 cm³/mol. The maximum Gasteiger partial charge on any atom is 0.269 e. The molecule has 2 heterocycles. The predicted octanol–water partition coefficient (Wildman–Crippen LogP) is 4.65. The number of amides is 2. The number of hydrogen-bond donors (Lipinski definition) is 0. The van der Waals surface area contributed by atoms with Gasteiger partial charge >= 0.3 is 0 Å². The molecule has 1 saturated carbocycles. The summed E-state index contributed by atoms with van der Waals surface area (Å²) in [5.74, 6) is -1.23. The molecule has 1 aliphatic carbocycles. The highest BCUT2D eigenvalue weighted by Crippen LogP contribution is 2.44. The summed E-state index contributed by atoms with van der Waals surface area (Å²) >= 11 is 0. The Morgan fingerprint density at radius 1 is 0.946 bits per heavy atom. The van der Waals surface area contributed by atoms with Crippen LogP contribution in [0.1, 0.15) is 46.8 Å². The lowest BCUT2D eigenvalue weighted by atomic mass is 9.77. The Labute approximate surface area is 215 Å². The molecule has 1 fully saturated rings. The van der Waals surface area contributed by atoms with Crippen LogP contribution in [0.3, 0.4) is 0 Å². The minimum Gasteiger partial charge on any atom is -0.271 e. The number of fused-ring (bicyclic) bond motifs is 2. The van der Waals surface area contributed by atoms with Crippen LogP contribution in [-0.2, 0) is 14.8 Å². The molecular weight excluding hydrogens is 486 g/mol. The van der Waals surface area contributed by atoms with Crippen LogP contribution < -0.4 is 0 Å². The maximum atomic E-state index is 13.7. The van der Waals surface area contributed by atoms with Crippen LogP contribution in [0.4, 0.5) is 0 Å². The number of rotatable bonds is 4. The summed E-state index contributed by atoms with van der Waals surface area (Å²) in [7, 11) is -4.10. The second-order valence-electron chi connectivity index (χ2n) is 9.47. The SMILES string of the molecule is O=C(CN1C(=O)c2ccccc2S1(=O)=O)N1N=C2/C(=C/c3ccccc3)CCCC2C1c1ccccc1. The number of hydrogen-bond acceptors (Lipinski definition) is 5. The Balaban J connectivity index is 1.37. The van der Waals surface area contributed by atoms with E-state index in [1.54, 1.807) is 12.1 Å². The molecule has 0 aromatic heterocycles. The minimum atomic E-state index is -4.10. The molecule has 2 amide bonds. The molecule has 7 nitrogen and oxygen atoms in total. The van der Waals surface area contributed by atoms with Gasteiger partial charge in [-0.3, -0.25) is 9.59 Å². The maximum absolute atomic E-state index is 13.7. The highest BCUT2D eigenvalue weighted by atomic mass is 32.2. The molecule has 2 unspecified atom stereocenters. The van der Waals surface area contributed by atoms with Gasteiger partial charge in [0.05, 0.1) is 17.3 Å². The summed E-state index contributed by atoms with van der Waals surface area (Å²) < 4.78 is 26.9. The Kier molecular flexibility index (Phi) is 5.76. The molecule has 6 rings (SSSR count). The molecule has 2 atom stereocenters. The molecule has 0 saturated heterocycles. The van der Waals surface area contributed by atoms with Gasteiger partial charge in [0, 0.05) is 5.92 Å². The average Bonchev–Trinajstić information content (AvgIpc) is 3.40. The normalized spacial score (nSPS) is 23.1. The summed E-state index contributed by atoms with van der Waals surface area (Å²) in [5, 5.41) is 6.22. The summed E-state index contributed by atoms with van der Waals surface area (Å²) in [4.78, 5) is 26.6. The van der Waals surface area contributed by atoms with E-state index in [9.17, 15) is 18.0 Å². The van der Waals surface area contributed by atoms with E-state index in [4.69, 9.17) is 5.10 Å². The number of allylic oxidation sites excluding steroid dienone is 1. The molecule has 3 aliphatic rings. The van der Waals surface area contributed by atoms with Crippen molar-refractivity contribution in [3.63, 3.8) is 0 Å². The molecule has 3 aromatic carbocycles. The lowest BCUT2D eigenvalue weighted by molar-refractivity contribution is -0.133. The van der Waals surface area contributed by atoms with Gasteiger partial charge in [-0.1, -0.05) is 72.8 Å². The first-order valence-corrected chi connectivity index (χ1v) is 13.8. The second-order valence-corrected chi connectivity index (χ2v) is 11.3. The number of hydrazone groups is 1. The van der Waals surface area contributed by atoms with Gasteiger partial charge in [0.2, 0.25) is 0 Å². The fraction of sp³-hybridized carbons (Fsp3) is 0.207. The molecule has 0 bridgehead atoms. The summed E-state index contributed by atoms with van der Waals surface area (Å²) in [5.41, 5.74) is 4.02. The van der Waals surface area contributed by atoms with Gasteiger partial charge in [0.1, 0.15) is 11.4 Å². The minimum absolute atomic E-state index is 0.0156. The Morgan fingerprint density at radius 3 is 2.35 bits per heavy atom. The van der Waals surface area contributed by atoms with Crippen LogP contribution in [0.25, 0.3) is 6.08 Å². The zero-order valence-corrected chi connectivity index (χ0v) is 20.8. The zero-order chi connectivity index (χ0) is 25.6. The van der Waals surface area contributed by atoms with Gasteiger partial charge in [-0.2, -0.15) is 5.10 Å².